The molecule has 0 aliphatic heterocycles. The summed E-state index contributed by atoms with van der Waals surface area (Å²) in [6, 6.07) is 5.74. The third kappa shape index (κ3) is 5.90. The largest absolute Gasteiger partial charge is 0.460 e. The molecule has 0 saturated heterocycles. The quantitative estimate of drug-likeness (QED) is 0.313. The van der Waals surface area contributed by atoms with Crippen LogP contribution < -0.4 is 10.6 Å². The minimum atomic E-state index is -4.84. The van der Waals surface area contributed by atoms with Gasteiger partial charge >= 0.3 is 12.1 Å². The van der Waals surface area contributed by atoms with Gasteiger partial charge in [0.15, 0.2) is 5.76 Å². The Kier molecular flexibility index (Phi) is 7.65. The van der Waals surface area contributed by atoms with Gasteiger partial charge in [0.1, 0.15) is 12.3 Å². The van der Waals surface area contributed by atoms with Crippen molar-refractivity contribution in [2.45, 2.75) is 20.0 Å². The average Bonchev–Trinajstić information content (AvgIpc) is 3.42. The van der Waals surface area contributed by atoms with E-state index >= 15 is 0 Å². The highest BCUT2D eigenvalue weighted by Crippen LogP contribution is 2.37. The normalized spacial score (nSPS) is 11.3. The Balaban J connectivity index is 1.84. The number of ether oxygens (including phenoxy) is 2. The zero-order chi connectivity index (χ0) is 25.8. The van der Waals surface area contributed by atoms with Crippen LogP contribution >= 0.6 is 0 Å². The molecule has 2 amide bonds. The number of hydrogen-bond donors (Lipinski definition) is 3. The maximum absolute atomic E-state index is 13.7. The second-order valence-corrected chi connectivity index (χ2v) is 7.40. The Morgan fingerprint density at radius 3 is 2.43 bits per heavy atom. The number of halogens is 3. The van der Waals surface area contributed by atoms with E-state index in [1.807, 2.05) is 0 Å². The summed E-state index contributed by atoms with van der Waals surface area (Å²) in [4.78, 5) is 40.0. The van der Waals surface area contributed by atoms with Crippen LogP contribution in [0.2, 0.25) is 0 Å². The van der Waals surface area contributed by atoms with Crippen LogP contribution in [0.3, 0.4) is 0 Å². The number of hydrogen-bond acceptors (Lipinski definition) is 6. The first kappa shape index (κ1) is 25.6. The van der Waals surface area contributed by atoms with Crippen molar-refractivity contribution in [2.24, 2.45) is 0 Å². The van der Waals surface area contributed by atoms with Crippen LogP contribution in [-0.2, 0) is 15.7 Å². The molecule has 0 saturated carbocycles. The molecule has 0 radical (unpaired) electrons. The molecule has 0 fully saturated rings. The van der Waals surface area contributed by atoms with Crippen molar-refractivity contribution < 1.29 is 41.4 Å². The number of alkyl halides is 3. The van der Waals surface area contributed by atoms with Crippen molar-refractivity contribution >= 4 is 29.2 Å². The third-order valence-corrected chi connectivity index (χ3v) is 4.97. The molecule has 0 spiro atoms. The number of methoxy groups -OCH3 is 1. The van der Waals surface area contributed by atoms with E-state index in [1.54, 1.807) is 0 Å². The Bertz CT molecular complexity index is 1230. The highest BCUT2D eigenvalue weighted by Gasteiger charge is 2.35. The summed E-state index contributed by atoms with van der Waals surface area (Å²) in [5, 5.41) is 4.53. The maximum Gasteiger partial charge on any atom is 0.418 e. The number of aryl methyl sites for hydroxylation is 1. The number of rotatable bonds is 8. The van der Waals surface area contributed by atoms with E-state index in [0.717, 1.165) is 6.07 Å². The van der Waals surface area contributed by atoms with Crippen LogP contribution in [-0.4, -0.2) is 43.1 Å². The van der Waals surface area contributed by atoms with Crippen LogP contribution in [0.5, 0.6) is 0 Å². The Morgan fingerprint density at radius 1 is 1.06 bits per heavy atom. The van der Waals surface area contributed by atoms with E-state index in [0.29, 0.717) is 11.8 Å². The fraction of sp³-hybridized carbons (Fsp3) is 0.261. The third-order valence-electron chi connectivity index (χ3n) is 4.97. The van der Waals surface area contributed by atoms with Crippen molar-refractivity contribution in [1.29, 1.82) is 0 Å². The number of esters is 1. The molecule has 2 aromatic heterocycles. The zero-order valence-electron chi connectivity index (χ0n) is 19.0. The number of aromatic nitrogens is 1. The van der Waals surface area contributed by atoms with E-state index < -0.39 is 35.2 Å². The monoisotopic (exact) mass is 493 g/mol. The number of furan rings is 1. The van der Waals surface area contributed by atoms with E-state index in [1.165, 1.54) is 45.4 Å². The van der Waals surface area contributed by atoms with Gasteiger partial charge in [0.05, 0.1) is 29.7 Å². The maximum atomic E-state index is 13.7. The van der Waals surface area contributed by atoms with Crippen molar-refractivity contribution in [3.05, 3.63) is 70.4 Å². The molecule has 12 heteroatoms. The summed E-state index contributed by atoms with van der Waals surface area (Å²) in [6.07, 6.45) is -3.59. The molecule has 3 N–H and O–H groups in total. The first-order chi connectivity index (χ1) is 16.5. The van der Waals surface area contributed by atoms with Gasteiger partial charge in [0, 0.05) is 18.5 Å². The molecule has 0 bridgehead atoms. The number of H-pyrrole nitrogens is 1. The number of nitrogens with one attached hydrogen (secondary N) is 3. The second kappa shape index (κ2) is 10.5. The molecule has 3 aromatic rings. The van der Waals surface area contributed by atoms with E-state index in [2.05, 4.69) is 15.6 Å². The van der Waals surface area contributed by atoms with Gasteiger partial charge in [-0.2, -0.15) is 13.2 Å². The minimum Gasteiger partial charge on any atom is -0.460 e. The van der Waals surface area contributed by atoms with Crippen LogP contribution in [0, 0.1) is 13.8 Å². The second-order valence-electron chi connectivity index (χ2n) is 7.40. The molecule has 35 heavy (non-hydrogen) atoms. The minimum absolute atomic E-state index is 0.00132. The zero-order valence-corrected chi connectivity index (χ0v) is 19.0. The molecule has 9 nitrogen and oxygen atoms in total. The van der Waals surface area contributed by atoms with Gasteiger partial charge in [-0.25, -0.2) is 4.79 Å². The molecular formula is C23H22F3N3O6. The number of carbonyl (C=O) groups is 3. The van der Waals surface area contributed by atoms with Crippen LogP contribution in [0.25, 0.3) is 0 Å². The van der Waals surface area contributed by atoms with E-state index in [9.17, 15) is 27.6 Å². The van der Waals surface area contributed by atoms with Crippen molar-refractivity contribution in [2.75, 3.05) is 31.0 Å². The predicted molar refractivity (Wildman–Crippen MR) is 118 cm³/mol. The summed E-state index contributed by atoms with van der Waals surface area (Å²) in [5.41, 5.74) is -1.30. The first-order valence-corrected chi connectivity index (χ1v) is 10.3. The summed E-state index contributed by atoms with van der Waals surface area (Å²) in [7, 11) is 1.44. The number of benzene rings is 1. The average molecular weight is 493 g/mol. The highest BCUT2D eigenvalue weighted by molar-refractivity contribution is 6.07. The van der Waals surface area contributed by atoms with Gasteiger partial charge in [-0.3, -0.25) is 9.59 Å². The lowest BCUT2D eigenvalue weighted by Crippen LogP contribution is -2.19. The Hall–Kier alpha value is -4.06. The Morgan fingerprint density at radius 2 is 1.80 bits per heavy atom. The fourth-order valence-electron chi connectivity index (χ4n) is 3.32. The van der Waals surface area contributed by atoms with Crippen LogP contribution in [0.15, 0.2) is 41.0 Å². The lowest BCUT2D eigenvalue weighted by Gasteiger charge is -2.15. The molecule has 0 aliphatic carbocycles. The van der Waals surface area contributed by atoms with Crippen molar-refractivity contribution in [3.8, 4) is 0 Å². The number of aromatic amines is 1. The van der Waals surface area contributed by atoms with Crippen LogP contribution in [0.1, 0.15) is 48.2 Å². The van der Waals surface area contributed by atoms with Gasteiger partial charge in [-0.1, -0.05) is 0 Å². The number of amides is 2. The van der Waals surface area contributed by atoms with Gasteiger partial charge < -0.3 is 29.5 Å². The van der Waals surface area contributed by atoms with Gasteiger partial charge in [-0.15, -0.1) is 0 Å². The SMILES string of the molecule is COCCOC(=O)c1c(C)[nH]c(C(=O)Nc2ccc(NC(=O)c3ccco3)cc2C(F)(F)F)c1C. The van der Waals surface area contributed by atoms with Gasteiger partial charge in [-0.05, 0) is 49.7 Å². The van der Waals surface area contributed by atoms with Crippen LogP contribution in [0.4, 0.5) is 24.5 Å². The molecule has 186 valence electrons. The Labute approximate surface area is 197 Å². The lowest BCUT2D eigenvalue weighted by atomic mass is 10.1. The summed E-state index contributed by atoms with van der Waals surface area (Å²) in [6.45, 7) is 3.19. The van der Waals surface area contributed by atoms with Crippen molar-refractivity contribution in [3.63, 3.8) is 0 Å². The molecule has 3 rings (SSSR count). The summed E-state index contributed by atoms with van der Waals surface area (Å²) in [5.74, 6) is -2.40. The first-order valence-electron chi connectivity index (χ1n) is 10.3. The highest BCUT2D eigenvalue weighted by atomic mass is 19.4. The van der Waals surface area contributed by atoms with Gasteiger partial charge in [0.2, 0.25) is 0 Å². The summed E-state index contributed by atoms with van der Waals surface area (Å²) >= 11 is 0. The summed E-state index contributed by atoms with van der Waals surface area (Å²) < 4.78 is 56.0. The standard InChI is InChI=1S/C23H22F3N3O6/c1-12-18(22(32)35-10-9-33-3)13(2)27-19(12)21(31)29-16-7-6-14(11-15(16)23(24,25)26)28-20(30)17-5-4-8-34-17/h4-8,11,27H,9-10H2,1-3H3,(H,28,30)(H,29,31). The van der Waals surface area contributed by atoms with Crippen molar-refractivity contribution in [1.82, 2.24) is 4.98 Å². The smallest absolute Gasteiger partial charge is 0.418 e. The molecular weight excluding hydrogens is 471 g/mol. The molecule has 0 atom stereocenters. The van der Waals surface area contributed by atoms with E-state index in [-0.39, 0.29) is 41.5 Å². The fourth-order valence-corrected chi connectivity index (χ4v) is 3.32. The van der Waals surface area contributed by atoms with Gasteiger partial charge in [0.25, 0.3) is 11.8 Å². The topological polar surface area (TPSA) is 123 Å². The molecule has 1 aromatic carbocycles. The predicted octanol–water partition coefficient (Wildman–Crippen LogP) is 4.55. The lowest BCUT2D eigenvalue weighted by molar-refractivity contribution is -0.136. The molecule has 2 heterocycles. The number of anilines is 2. The molecule has 0 unspecified atom stereocenters. The molecule has 0 aliphatic rings. The van der Waals surface area contributed by atoms with E-state index in [4.69, 9.17) is 13.9 Å². The number of carbonyl (C=O) groups excluding carboxylic acids is 3.